The fraction of sp³-hybridized carbons (Fsp3) is 0.250. The van der Waals surface area contributed by atoms with Gasteiger partial charge < -0.3 is 10.3 Å². The predicted octanol–water partition coefficient (Wildman–Crippen LogP) is 1.56. The van der Waals surface area contributed by atoms with Gasteiger partial charge in [0.15, 0.2) is 0 Å². The SMILES string of the molecule is O=C1NC=CN2NC(c3cccc(Cl)c3)CC12. The maximum absolute atomic E-state index is 11.6. The van der Waals surface area contributed by atoms with Gasteiger partial charge in [-0.1, -0.05) is 23.7 Å². The molecule has 1 aromatic carbocycles. The zero-order valence-electron chi connectivity index (χ0n) is 9.06. The van der Waals surface area contributed by atoms with Crippen LogP contribution < -0.4 is 10.7 Å². The highest BCUT2D eigenvalue weighted by molar-refractivity contribution is 6.30. The molecule has 0 radical (unpaired) electrons. The van der Waals surface area contributed by atoms with Gasteiger partial charge in [0, 0.05) is 17.4 Å². The van der Waals surface area contributed by atoms with Crippen LogP contribution in [-0.2, 0) is 4.79 Å². The first-order valence-electron chi connectivity index (χ1n) is 5.51. The summed E-state index contributed by atoms with van der Waals surface area (Å²) in [7, 11) is 0. The molecular weight excluding hydrogens is 238 g/mol. The van der Waals surface area contributed by atoms with E-state index >= 15 is 0 Å². The summed E-state index contributed by atoms with van der Waals surface area (Å²) in [6.07, 6.45) is 4.24. The summed E-state index contributed by atoms with van der Waals surface area (Å²) >= 11 is 5.97. The fourth-order valence-electron chi connectivity index (χ4n) is 2.27. The van der Waals surface area contributed by atoms with Gasteiger partial charge in [0.1, 0.15) is 6.04 Å². The van der Waals surface area contributed by atoms with Crippen molar-refractivity contribution in [2.24, 2.45) is 0 Å². The Kier molecular flexibility index (Phi) is 2.53. The standard InChI is InChI=1S/C12H12ClN3O/c13-9-3-1-2-8(6-9)10-7-11-12(17)14-4-5-16(11)15-10/h1-6,10-11,15H,7H2,(H,14,17). The fourth-order valence-corrected chi connectivity index (χ4v) is 2.47. The maximum Gasteiger partial charge on any atom is 0.248 e. The lowest BCUT2D eigenvalue weighted by atomic mass is 10.0. The molecule has 1 saturated heterocycles. The Balaban J connectivity index is 1.84. The van der Waals surface area contributed by atoms with Crippen LogP contribution in [0.5, 0.6) is 0 Å². The number of carbonyl (C=O) groups is 1. The summed E-state index contributed by atoms with van der Waals surface area (Å²) in [4.78, 5) is 11.6. The first kappa shape index (κ1) is 10.6. The van der Waals surface area contributed by atoms with E-state index in [1.165, 1.54) is 0 Å². The Morgan fingerprint density at radius 2 is 2.29 bits per heavy atom. The number of nitrogens with one attached hydrogen (secondary N) is 2. The Hall–Kier alpha value is -1.52. The number of nitrogens with zero attached hydrogens (tertiary/aromatic N) is 1. The summed E-state index contributed by atoms with van der Waals surface area (Å²) in [6, 6.07) is 7.71. The number of carbonyl (C=O) groups excluding carboxylic acids is 1. The Bertz CT molecular complexity index is 488. The van der Waals surface area contributed by atoms with Crippen molar-refractivity contribution in [3.8, 4) is 0 Å². The van der Waals surface area contributed by atoms with Gasteiger partial charge >= 0.3 is 0 Å². The Labute approximate surface area is 104 Å². The first-order chi connectivity index (χ1) is 8.24. The van der Waals surface area contributed by atoms with E-state index in [9.17, 15) is 4.79 Å². The van der Waals surface area contributed by atoms with Crippen molar-refractivity contribution in [2.75, 3.05) is 0 Å². The van der Waals surface area contributed by atoms with Crippen molar-refractivity contribution in [2.45, 2.75) is 18.5 Å². The molecule has 1 amide bonds. The Morgan fingerprint density at radius 3 is 3.06 bits per heavy atom. The van der Waals surface area contributed by atoms with Crippen LogP contribution in [-0.4, -0.2) is 17.0 Å². The van der Waals surface area contributed by atoms with Crippen LogP contribution >= 0.6 is 11.6 Å². The quantitative estimate of drug-likeness (QED) is 0.794. The highest BCUT2D eigenvalue weighted by Gasteiger charge is 2.36. The minimum atomic E-state index is -0.135. The molecule has 2 unspecified atom stereocenters. The lowest BCUT2D eigenvalue weighted by Crippen LogP contribution is -2.45. The highest BCUT2D eigenvalue weighted by atomic mass is 35.5. The highest BCUT2D eigenvalue weighted by Crippen LogP contribution is 2.29. The van der Waals surface area contributed by atoms with Crippen molar-refractivity contribution in [1.82, 2.24) is 15.8 Å². The number of hydrogen-bond acceptors (Lipinski definition) is 3. The van der Waals surface area contributed by atoms with E-state index in [4.69, 9.17) is 11.6 Å². The van der Waals surface area contributed by atoms with Gasteiger partial charge in [-0.15, -0.1) is 0 Å². The van der Waals surface area contributed by atoms with Gasteiger partial charge in [0.2, 0.25) is 5.91 Å². The number of hydrazine groups is 1. The molecule has 2 atom stereocenters. The second-order valence-electron chi connectivity index (χ2n) is 4.22. The summed E-state index contributed by atoms with van der Waals surface area (Å²) in [5.74, 6) is 0.0320. The van der Waals surface area contributed by atoms with Gasteiger partial charge in [-0.05, 0) is 24.1 Å². The second kappa shape index (κ2) is 4.05. The number of hydrogen-bond donors (Lipinski definition) is 2. The molecule has 5 heteroatoms. The molecule has 1 aromatic rings. The molecule has 3 rings (SSSR count). The van der Waals surface area contributed by atoms with E-state index in [1.807, 2.05) is 35.5 Å². The summed E-state index contributed by atoms with van der Waals surface area (Å²) in [5, 5.41) is 5.28. The number of fused-ring (bicyclic) bond motifs is 1. The number of amides is 1. The van der Waals surface area contributed by atoms with E-state index in [0.717, 1.165) is 12.0 Å². The smallest absolute Gasteiger partial charge is 0.248 e. The zero-order chi connectivity index (χ0) is 11.8. The van der Waals surface area contributed by atoms with Crippen molar-refractivity contribution in [3.63, 3.8) is 0 Å². The summed E-state index contributed by atoms with van der Waals surface area (Å²) < 4.78 is 0. The van der Waals surface area contributed by atoms with Crippen LogP contribution in [0.25, 0.3) is 0 Å². The third kappa shape index (κ3) is 1.90. The van der Waals surface area contributed by atoms with Crippen LogP contribution in [0.1, 0.15) is 18.0 Å². The molecule has 4 nitrogen and oxygen atoms in total. The molecule has 0 spiro atoms. The molecule has 0 saturated carbocycles. The first-order valence-corrected chi connectivity index (χ1v) is 5.89. The van der Waals surface area contributed by atoms with Crippen molar-refractivity contribution >= 4 is 17.5 Å². The topological polar surface area (TPSA) is 44.4 Å². The normalized spacial score (nSPS) is 26.9. The van der Waals surface area contributed by atoms with Crippen LogP contribution in [0.15, 0.2) is 36.7 Å². The third-order valence-electron chi connectivity index (χ3n) is 3.11. The van der Waals surface area contributed by atoms with Crippen LogP contribution in [0.3, 0.4) is 0 Å². The lowest BCUT2D eigenvalue weighted by Gasteiger charge is -2.24. The summed E-state index contributed by atoms with van der Waals surface area (Å²) in [5.41, 5.74) is 4.40. The average molecular weight is 250 g/mol. The average Bonchev–Trinajstić information content (AvgIpc) is 2.74. The molecule has 2 aliphatic heterocycles. The third-order valence-corrected chi connectivity index (χ3v) is 3.35. The monoisotopic (exact) mass is 249 g/mol. The molecule has 0 bridgehead atoms. The molecule has 2 N–H and O–H groups in total. The van der Waals surface area contributed by atoms with Crippen LogP contribution in [0.4, 0.5) is 0 Å². The molecule has 0 aromatic heterocycles. The van der Waals surface area contributed by atoms with Crippen LogP contribution in [0, 0.1) is 0 Å². The van der Waals surface area contributed by atoms with E-state index < -0.39 is 0 Å². The molecule has 0 aliphatic carbocycles. The lowest BCUT2D eigenvalue weighted by molar-refractivity contribution is -0.124. The van der Waals surface area contributed by atoms with Crippen molar-refractivity contribution in [3.05, 3.63) is 47.3 Å². The van der Waals surface area contributed by atoms with Gasteiger partial charge in [-0.3, -0.25) is 4.79 Å². The van der Waals surface area contributed by atoms with Gasteiger partial charge in [-0.25, -0.2) is 5.43 Å². The van der Waals surface area contributed by atoms with Crippen LogP contribution in [0.2, 0.25) is 5.02 Å². The largest absolute Gasteiger partial charge is 0.329 e. The summed E-state index contributed by atoms with van der Waals surface area (Å²) in [6.45, 7) is 0. The van der Waals surface area contributed by atoms with E-state index in [-0.39, 0.29) is 18.0 Å². The molecule has 1 fully saturated rings. The van der Waals surface area contributed by atoms with Gasteiger partial charge in [0.25, 0.3) is 0 Å². The minimum absolute atomic E-state index is 0.0320. The molecule has 2 aliphatic rings. The maximum atomic E-state index is 11.6. The Morgan fingerprint density at radius 1 is 1.41 bits per heavy atom. The molecule has 17 heavy (non-hydrogen) atoms. The van der Waals surface area contributed by atoms with Gasteiger partial charge in [-0.2, -0.15) is 0 Å². The molecular formula is C12H12ClN3O. The van der Waals surface area contributed by atoms with E-state index in [2.05, 4.69) is 10.7 Å². The van der Waals surface area contributed by atoms with Gasteiger partial charge in [0.05, 0.1) is 6.04 Å². The van der Waals surface area contributed by atoms with Crippen molar-refractivity contribution in [1.29, 1.82) is 0 Å². The van der Waals surface area contributed by atoms with E-state index in [1.54, 1.807) is 6.20 Å². The number of benzene rings is 1. The number of halogens is 1. The number of rotatable bonds is 1. The predicted molar refractivity (Wildman–Crippen MR) is 64.9 cm³/mol. The molecule has 2 heterocycles. The second-order valence-corrected chi connectivity index (χ2v) is 4.66. The zero-order valence-corrected chi connectivity index (χ0v) is 9.82. The molecule has 88 valence electrons. The van der Waals surface area contributed by atoms with Crippen molar-refractivity contribution < 1.29 is 4.79 Å². The minimum Gasteiger partial charge on any atom is -0.329 e. The van der Waals surface area contributed by atoms with E-state index in [0.29, 0.717) is 5.02 Å².